The van der Waals surface area contributed by atoms with Crippen LogP contribution in [0.2, 0.25) is 0 Å². The number of anilines is 1. The first-order valence-electron chi connectivity index (χ1n) is 5.51. The summed E-state index contributed by atoms with van der Waals surface area (Å²) in [6.07, 6.45) is 3.45. The van der Waals surface area contributed by atoms with Crippen molar-refractivity contribution in [3.63, 3.8) is 0 Å². The summed E-state index contributed by atoms with van der Waals surface area (Å²) in [6.45, 7) is 0.452. The third-order valence-electron chi connectivity index (χ3n) is 2.44. The topological polar surface area (TPSA) is 105 Å². The van der Waals surface area contributed by atoms with Gasteiger partial charge in [-0.3, -0.25) is 10.1 Å². The monoisotopic (exact) mass is 258 g/mol. The van der Waals surface area contributed by atoms with E-state index in [4.69, 9.17) is 9.68 Å². The molecule has 0 saturated carbocycles. The number of hydrogen-bond donors (Lipinski definition) is 1. The van der Waals surface area contributed by atoms with Crippen molar-refractivity contribution in [2.45, 2.75) is 6.42 Å². The van der Waals surface area contributed by atoms with E-state index in [9.17, 15) is 10.1 Å². The number of nitriles is 1. The van der Waals surface area contributed by atoms with Gasteiger partial charge in [0.1, 0.15) is 11.8 Å². The van der Waals surface area contributed by atoms with E-state index >= 15 is 0 Å². The second-order valence-electron chi connectivity index (χ2n) is 3.72. The van der Waals surface area contributed by atoms with Crippen LogP contribution in [0, 0.1) is 21.4 Å². The number of nitrogens with zero attached hydrogens (tertiary/aromatic N) is 3. The second kappa shape index (κ2) is 5.64. The van der Waals surface area contributed by atoms with E-state index in [2.05, 4.69) is 10.3 Å². The Labute approximate surface area is 108 Å². The Morgan fingerprint density at radius 2 is 2.42 bits per heavy atom. The standard InChI is InChI=1S/C12H10N4O3/c13-7-9-6-11(16(17)18)12(15-8-9)14-4-3-10-2-1-5-19-10/h1-2,5-6,8H,3-4H2,(H,14,15). The Kier molecular flexibility index (Phi) is 3.73. The van der Waals surface area contributed by atoms with Gasteiger partial charge in [0.05, 0.1) is 16.7 Å². The predicted octanol–water partition coefficient (Wildman–Crippen LogP) is 2.11. The zero-order valence-electron chi connectivity index (χ0n) is 9.87. The summed E-state index contributed by atoms with van der Waals surface area (Å²) < 4.78 is 5.15. The lowest BCUT2D eigenvalue weighted by Crippen LogP contribution is -2.08. The summed E-state index contributed by atoms with van der Waals surface area (Å²) in [5, 5.41) is 22.4. The molecule has 2 aromatic rings. The lowest BCUT2D eigenvalue weighted by atomic mass is 10.2. The van der Waals surface area contributed by atoms with Crippen molar-refractivity contribution >= 4 is 11.5 Å². The third-order valence-corrected chi connectivity index (χ3v) is 2.44. The van der Waals surface area contributed by atoms with E-state index in [-0.39, 0.29) is 17.1 Å². The van der Waals surface area contributed by atoms with E-state index < -0.39 is 4.92 Å². The van der Waals surface area contributed by atoms with Crippen LogP contribution in [0.25, 0.3) is 0 Å². The highest BCUT2D eigenvalue weighted by Gasteiger charge is 2.16. The van der Waals surface area contributed by atoms with E-state index in [1.165, 1.54) is 12.3 Å². The summed E-state index contributed by atoms with van der Waals surface area (Å²) in [5.74, 6) is 0.930. The van der Waals surface area contributed by atoms with Crippen molar-refractivity contribution in [1.29, 1.82) is 5.26 Å². The normalized spacial score (nSPS) is 9.84. The Morgan fingerprint density at radius 1 is 1.58 bits per heavy atom. The lowest BCUT2D eigenvalue weighted by Gasteiger charge is -2.05. The van der Waals surface area contributed by atoms with Gasteiger partial charge in [-0.1, -0.05) is 0 Å². The minimum atomic E-state index is -0.566. The van der Waals surface area contributed by atoms with Crippen LogP contribution in [-0.2, 0) is 6.42 Å². The van der Waals surface area contributed by atoms with Crippen molar-refractivity contribution in [2.75, 3.05) is 11.9 Å². The number of nitro groups is 1. The van der Waals surface area contributed by atoms with E-state index in [1.54, 1.807) is 12.3 Å². The summed E-state index contributed by atoms with van der Waals surface area (Å²) >= 11 is 0. The molecule has 0 bridgehead atoms. The van der Waals surface area contributed by atoms with Crippen molar-refractivity contribution in [2.24, 2.45) is 0 Å². The molecule has 0 unspecified atom stereocenters. The second-order valence-corrected chi connectivity index (χ2v) is 3.72. The molecule has 2 aromatic heterocycles. The van der Waals surface area contributed by atoms with Crippen LogP contribution in [0.3, 0.4) is 0 Å². The molecule has 0 spiro atoms. The molecular formula is C12H10N4O3. The molecule has 0 amide bonds. The smallest absolute Gasteiger partial charge is 0.312 e. The molecule has 0 atom stereocenters. The summed E-state index contributed by atoms with van der Waals surface area (Å²) in [4.78, 5) is 14.2. The van der Waals surface area contributed by atoms with Gasteiger partial charge < -0.3 is 9.73 Å². The SMILES string of the molecule is N#Cc1cnc(NCCc2ccco2)c([N+](=O)[O-])c1. The molecule has 0 saturated heterocycles. The van der Waals surface area contributed by atoms with Gasteiger partial charge in [0, 0.05) is 25.2 Å². The molecule has 1 N–H and O–H groups in total. The van der Waals surface area contributed by atoms with Crippen LogP contribution in [0.15, 0.2) is 35.1 Å². The highest BCUT2D eigenvalue weighted by Crippen LogP contribution is 2.22. The average Bonchev–Trinajstić information content (AvgIpc) is 2.92. The summed E-state index contributed by atoms with van der Waals surface area (Å²) in [6, 6.07) is 6.61. The Morgan fingerprint density at radius 3 is 3.05 bits per heavy atom. The average molecular weight is 258 g/mol. The van der Waals surface area contributed by atoms with Crippen molar-refractivity contribution in [1.82, 2.24) is 4.98 Å². The molecule has 0 fully saturated rings. The summed E-state index contributed by atoms with van der Waals surface area (Å²) in [5.41, 5.74) is -0.0539. The van der Waals surface area contributed by atoms with Gasteiger partial charge >= 0.3 is 5.69 Å². The van der Waals surface area contributed by atoms with Gasteiger partial charge in [-0.25, -0.2) is 4.98 Å². The van der Waals surface area contributed by atoms with Gasteiger partial charge in [-0.05, 0) is 12.1 Å². The number of pyridine rings is 1. The maximum Gasteiger partial charge on any atom is 0.312 e. The van der Waals surface area contributed by atoms with Crippen LogP contribution in [0.1, 0.15) is 11.3 Å². The highest BCUT2D eigenvalue weighted by atomic mass is 16.6. The maximum absolute atomic E-state index is 10.9. The molecule has 2 heterocycles. The van der Waals surface area contributed by atoms with Crippen LogP contribution in [0.5, 0.6) is 0 Å². The minimum absolute atomic E-state index is 0.149. The number of hydrogen-bond acceptors (Lipinski definition) is 6. The fourth-order valence-electron chi connectivity index (χ4n) is 1.55. The zero-order valence-corrected chi connectivity index (χ0v) is 9.87. The van der Waals surface area contributed by atoms with Gasteiger partial charge in [-0.15, -0.1) is 0 Å². The van der Waals surface area contributed by atoms with Crippen molar-refractivity contribution in [3.05, 3.63) is 52.1 Å². The first-order chi connectivity index (χ1) is 9.20. The number of nitrogens with one attached hydrogen (secondary N) is 1. The molecule has 0 aliphatic heterocycles. The summed E-state index contributed by atoms with van der Waals surface area (Å²) in [7, 11) is 0. The first kappa shape index (κ1) is 12.6. The lowest BCUT2D eigenvalue weighted by molar-refractivity contribution is -0.384. The molecule has 0 radical (unpaired) electrons. The molecule has 7 nitrogen and oxygen atoms in total. The molecule has 96 valence electrons. The van der Waals surface area contributed by atoms with Crippen molar-refractivity contribution < 1.29 is 9.34 Å². The minimum Gasteiger partial charge on any atom is -0.469 e. The molecule has 19 heavy (non-hydrogen) atoms. The molecule has 2 rings (SSSR count). The van der Waals surface area contributed by atoms with Crippen LogP contribution < -0.4 is 5.32 Å². The van der Waals surface area contributed by atoms with Crippen LogP contribution in [-0.4, -0.2) is 16.5 Å². The maximum atomic E-state index is 10.9. The number of rotatable bonds is 5. The Bertz CT molecular complexity index is 616. The molecule has 0 aliphatic carbocycles. The van der Waals surface area contributed by atoms with Gasteiger partial charge in [0.25, 0.3) is 0 Å². The largest absolute Gasteiger partial charge is 0.469 e. The number of aromatic nitrogens is 1. The molecular weight excluding hydrogens is 248 g/mol. The first-order valence-corrected chi connectivity index (χ1v) is 5.51. The van der Waals surface area contributed by atoms with Crippen LogP contribution in [0.4, 0.5) is 11.5 Å². The number of furan rings is 1. The zero-order chi connectivity index (χ0) is 13.7. The quantitative estimate of drug-likeness (QED) is 0.650. The predicted molar refractivity (Wildman–Crippen MR) is 66.5 cm³/mol. The Hall–Kier alpha value is -2.88. The van der Waals surface area contributed by atoms with Gasteiger partial charge in [0.2, 0.25) is 5.82 Å². The van der Waals surface area contributed by atoms with Crippen molar-refractivity contribution in [3.8, 4) is 6.07 Å². The van der Waals surface area contributed by atoms with E-state index in [0.717, 1.165) is 5.76 Å². The van der Waals surface area contributed by atoms with Gasteiger partial charge in [-0.2, -0.15) is 5.26 Å². The molecule has 7 heteroatoms. The Balaban J connectivity index is 2.07. The van der Waals surface area contributed by atoms with E-state index in [0.29, 0.717) is 13.0 Å². The third kappa shape index (κ3) is 3.07. The molecule has 0 aromatic carbocycles. The molecule has 0 aliphatic rings. The highest BCUT2D eigenvalue weighted by molar-refractivity contribution is 5.58. The fraction of sp³-hybridized carbons (Fsp3) is 0.167. The fourth-order valence-corrected chi connectivity index (χ4v) is 1.55. The van der Waals surface area contributed by atoms with Crippen LogP contribution >= 0.6 is 0 Å². The van der Waals surface area contributed by atoms with Gasteiger partial charge in [0.15, 0.2) is 0 Å². The van der Waals surface area contributed by atoms with E-state index in [1.807, 2.05) is 12.1 Å².